The van der Waals surface area contributed by atoms with Crippen LogP contribution in [0.25, 0.3) is 80.0 Å². The lowest BCUT2D eigenvalue weighted by Gasteiger charge is -2.27. The first-order chi connectivity index (χ1) is 25.3. The molecule has 0 saturated heterocycles. The average molecular weight is 667 g/mol. The molecule has 0 spiro atoms. The second-order valence-electron chi connectivity index (χ2n) is 13.3. The van der Waals surface area contributed by atoms with E-state index in [-0.39, 0.29) is 0 Å². The van der Waals surface area contributed by atoms with E-state index in [1.165, 1.54) is 74.3 Å². The fourth-order valence-electron chi connectivity index (χ4n) is 8.28. The van der Waals surface area contributed by atoms with Gasteiger partial charge in [0.25, 0.3) is 0 Å². The molecule has 238 valence electrons. The highest BCUT2D eigenvalue weighted by atomic mass is 32.1. The maximum absolute atomic E-state index is 2.47. The van der Waals surface area contributed by atoms with Crippen molar-refractivity contribution in [1.82, 2.24) is 4.57 Å². The molecule has 9 aromatic carbocycles. The Hall–Kier alpha value is -6.42. The van der Waals surface area contributed by atoms with Gasteiger partial charge >= 0.3 is 0 Å². The van der Waals surface area contributed by atoms with Crippen molar-refractivity contribution in [2.75, 3.05) is 4.90 Å². The van der Waals surface area contributed by atoms with Crippen LogP contribution in [-0.2, 0) is 0 Å². The third-order valence-corrected chi connectivity index (χ3v) is 11.7. The van der Waals surface area contributed by atoms with Gasteiger partial charge in [-0.1, -0.05) is 121 Å². The molecular formula is C48H30N2S. The van der Waals surface area contributed by atoms with Crippen LogP contribution in [0.5, 0.6) is 0 Å². The molecule has 0 aliphatic rings. The number of fused-ring (bicyclic) bond motifs is 11. The van der Waals surface area contributed by atoms with Crippen LogP contribution in [0, 0.1) is 0 Å². The van der Waals surface area contributed by atoms with Crippen LogP contribution in [0.4, 0.5) is 17.1 Å². The second kappa shape index (κ2) is 11.0. The lowest BCUT2D eigenvalue weighted by molar-refractivity contribution is 1.18. The minimum atomic E-state index is 1.13. The molecule has 0 unspecified atom stereocenters. The van der Waals surface area contributed by atoms with Gasteiger partial charge in [0.05, 0.1) is 16.7 Å². The Labute approximate surface area is 298 Å². The third-order valence-electron chi connectivity index (χ3n) is 10.5. The Morgan fingerprint density at radius 2 is 1.02 bits per heavy atom. The number of rotatable bonds is 4. The van der Waals surface area contributed by atoms with Crippen molar-refractivity contribution in [3.8, 4) is 5.69 Å². The van der Waals surface area contributed by atoms with Gasteiger partial charge in [0.2, 0.25) is 0 Å². The molecule has 2 heterocycles. The minimum Gasteiger partial charge on any atom is -0.310 e. The lowest BCUT2D eigenvalue weighted by atomic mass is 9.95. The van der Waals surface area contributed by atoms with Crippen LogP contribution in [0.2, 0.25) is 0 Å². The SMILES string of the molecule is c1ccc(-n2c3ccccc3c3cc(N(c4ccc5c(c4)sc4ccccc45)c4cccc5c4ccc4ccc6ccccc6c45)ccc32)cc1. The quantitative estimate of drug-likeness (QED) is 0.170. The Bertz CT molecular complexity index is 3150. The zero-order valence-corrected chi connectivity index (χ0v) is 28.4. The first kappa shape index (κ1) is 28.4. The smallest absolute Gasteiger partial charge is 0.0542 e. The predicted octanol–water partition coefficient (Wildman–Crippen LogP) is 14.1. The molecule has 0 amide bonds. The number of hydrogen-bond acceptors (Lipinski definition) is 2. The highest BCUT2D eigenvalue weighted by Crippen LogP contribution is 2.46. The van der Waals surface area contributed by atoms with Crippen LogP contribution in [0.15, 0.2) is 182 Å². The number of benzene rings is 9. The molecule has 51 heavy (non-hydrogen) atoms. The van der Waals surface area contributed by atoms with Gasteiger partial charge in [0.1, 0.15) is 0 Å². The van der Waals surface area contributed by atoms with Crippen molar-refractivity contribution in [3.05, 3.63) is 182 Å². The molecule has 0 saturated carbocycles. The van der Waals surface area contributed by atoms with E-state index in [0.717, 1.165) is 22.7 Å². The number of aromatic nitrogens is 1. The van der Waals surface area contributed by atoms with Crippen molar-refractivity contribution in [2.45, 2.75) is 0 Å². The van der Waals surface area contributed by atoms with Crippen LogP contribution in [-0.4, -0.2) is 4.57 Å². The van der Waals surface area contributed by atoms with Crippen molar-refractivity contribution in [3.63, 3.8) is 0 Å². The standard InChI is InChI=1S/C48H30N2S/c1-2-12-33(13-3-1)50-44-18-8-6-15-37(44)42-29-34(25-28-45(42)50)49(35-24-27-40-39-16-7-9-20-46(39)51-47(40)30-35)43-19-10-17-41-38(43)26-23-32-22-21-31-11-4-5-14-36(31)48(32)41/h1-30H. The molecule has 2 aromatic heterocycles. The highest BCUT2D eigenvalue weighted by molar-refractivity contribution is 7.25. The first-order valence-corrected chi connectivity index (χ1v) is 18.3. The third kappa shape index (κ3) is 4.29. The van der Waals surface area contributed by atoms with Crippen molar-refractivity contribution >= 4 is 103 Å². The van der Waals surface area contributed by atoms with Crippen molar-refractivity contribution in [1.29, 1.82) is 0 Å². The number of nitrogens with zero attached hydrogens (tertiary/aromatic N) is 2. The molecule has 2 nitrogen and oxygen atoms in total. The number of hydrogen-bond donors (Lipinski definition) is 0. The molecule has 0 bridgehead atoms. The van der Waals surface area contributed by atoms with E-state index in [1.54, 1.807) is 0 Å². The first-order valence-electron chi connectivity index (χ1n) is 17.4. The summed E-state index contributed by atoms with van der Waals surface area (Å²) in [7, 11) is 0. The molecule has 11 aromatic rings. The van der Waals surface area contributed by atoms with Gasteiger partial charge in [-0.05, 0) is 87.6 Å². The minimum absolute atomic E-state index is 1.13. The van der Waals surface area contributed by atoms with Gasteiger partial charge in [0, 0.05) is 53.4 Å². The van der Waals surface area contributed by atoms with Crippen molar-refractivity contribution < 1.29 is 0 Å². The van der Waals surface area contributed by atoms with Gasteiger partial charge in [-0.2, -0.15) is 0 Å². The van der Waals surface area contributed by atoms with Gasteiger partial charge in [0.15, 0.2) is 0 Å². The van der Waals surface area contributed by atoms with Crippen LogP contribution in [0.1, 0.15) is 0 Å². The van der Waals surface area contributed by atoms with Crippen molar-refractivity contribution in [2.24, 2.45) is 0 Å². The molecular weight excluding hydrogens is 637 g/mol. The summed E-state index contributed by atoms with van der Waals surface area (Å²) in [4.78, 5) is 2.47. The molecule has 0 aliphatic carbocycles. The fraction of sp³-hybridized carbons (Fsp3) is 0. The average Bonchev–Trinajstić information content (AvgIpc) is 3.73. The Balaban J connectivity index is 1.21. The molecule has 3 heteroatoms. The fourth-order valence-corrected chi connectivity index (χ4v) is 9.42. The second-order valence-corrected chi connectivity index (χ2v) is 14.4. The van der Waals surface area contributed by atoms with Gasteiger partial charge < -0.3 is 9.47 Å². The summed E-state index contributed by atoms with van der Waals surface area (Å²) in [6.45, 7) is 0. The van der Waals surface area contributed by atoms with E-state index >= 15 is 0 Å². The molecule has 0 radical (unpaired) electrons. The largest absolute Gasteiger partial charge is 0.310 e. The summed E-state index contributed by atoms with van der Waals surface area (Å²) in [6, 6.07) is 66.8. The molecule has 11 rings (SSSR count). The summed E-state index contributed by atoms with van der Waals surface area (Å²) in [5, 5.41) is 12.7. The molecule has 0 N–H and O–H groups in total. The van der Waals surface area contributed by atoms with E-state index in [2.05, 4.69) is 191 Å². The zero-order chi connectivity index (χ0) is 33.5. The number of thiophene rings is 1. The molecule has 0 atom stereocenters. The Morgan fingerprint density at radius 1 is 0.373 bits per heavy atom. The van der Waals surface area contributed by atoms with Crippen LogP contribution >= 0.6 is 11.3 Å². The van der Waals surface area contributed by atoms with E-state index in [4.69, 9.17) is 0 Å². The molecule has 0 fully saturated rings. The summed E-state index contributed by atoms with van der Waals surface area (Å²) in [5.41, 5.74) is 7.00. The van der Waals surface area contributed by atoms with E-state index in [0.29, 0.717) is 0 Å². The maximum atomic E-state index is 2.47. The van der Waals surface area contributed by atoms with E-state index in [9.17, 15) is 0 Å². The summed E-state index contributed by atoms with van der Waals surface area (Å²) in [5.74, 6) is 0. The van der Waals surface area contributed by atoms with Gasteiger partial charge in [-0.15, -0.1) is 11.3 Å². The topological polar surface area (TPSA) is 8.17 Å². The summed E-state index contributed by atoms with van der Waals surface area (Å²) >= 11 is 1.87. The number of anilines is 3. The van der Waals surface area contributed by atoms with E-state index < -0.39 is 0 Å². The highest BCUT2D eigenvalue weighted by Gasteiger charge is 2.20. The normalized spacial score (nSPS) is 11.9. The Morgan fingerprint density at radius 3 is 1.94 bits per heavy atom. The summed E-state index contributed by atoms with van der Waals surface area (Å²) < 4.78 is 4.99. The number of para-hydroxylation sites is 2. The van der Waals surface area contributed by atoms with Gasteiger partial charge in [-0.3, -0.25) is 0 Å². The summed E-state index contributed by atoms with van der Waals surface area (Å²) in [6.07, 6.45) is 0. The predicted molar refractivity (Wildman–Crippen MR) is 221 cm³/mol. The Kier molecular flexibility index (Phi) is 6.16. The maximum Gasteiger partial charge on any atom is 0.0542 e. The van der Waals surface area contributed by atoms with Crippen LogP contribution in [0.3, 0.4) is 0 Å². The lowest BCUT2D eigenvalue weighted by Crippen LogP contribution is -2.10. The monoisotopic (exact) mass is 666 g/mol. The van der Waals surface area contributed by atoms with Crippen LogP contribution < -0.4 is 4.90 Å². The van der Waals surface area contributed by atoms with E-state index in [1.807, 2.05) is 11.3 Å². The van der Waals surface area contributed by atoms with Gasteiger partial charge in [-0.25, -0.2) is 0 Å². The molecule has 0 aliphatic heterocycles. The zero-order valence-electron chi connectivity index (χ0n) is 27.6.